The van der Waals surface area contributed by atoms with E-state index < -0.39 is 18.5 Å². The van der Waals surface area contributed by atoms with Gasteiger partial charge in [-0.15, -0.1) is 0 Å². The number of hydrogen-bond donors (Lipinski definition) is 2. The number of urea groups is 1. The number of carbonyl (C=O) groups is 2. The average molecular weight is 234 g/mol. The van der Waals surface area contributed by atoms with Gasteiger partial charge in [0.05, 0.1) is 13.2 Å². The molecule has 0 aromatic heterocycles. The molecule has 0 unspecified atom stereocenters. The topological polar surface area (TPSA) is 88.1 Å². The monoisotopic (exact) mass is 234 g/mol. The summed E-state index contributed by atoms with van der Waals surface area (Å²) in [4.78, 5) is 23.2. The number of amides is 2. The molecule has 0 aromatic carbocycles. The van der Waals surface area contributed by atoms with E-state index in [2.05, 4.69) is 5.32 Å². The van der Waals surface area contributed by atoms with Gasteiger partial charge in [0.1, 0.15) is 6.54 Å². The second-order valence-electron chi connectivity index (χ2n) is 3.03. The minimum Gasteiger partial charge on any atom is -0.480 e. The van der Waals surface area contributed by atoms with Crippen molar-refractivity contribution in [3.63, 3.8) is 0 Å². The number of carbonyl (C=O) groups excluding carboxylic acids is 1. The number of nitrogens with zero attached hydrogens (tertiary/aromatic N) is 1. The zero-order valence-corrected chi connectivity index (χ0v) is 9.56. The summed E-state index contributed by atoms with van der Waals surface area (Å²) in [5, 5.41) is 10.7. The van der Waals surface area contributed by atoms with Crippen LogP contribution in [0, 0.1) is 0 Å². The van der Waals surface area contributed by atoms with Gasteiger partial charge in [-0.3, -0.25) is 4.79 Å². The molecule has 0 rings (SSSR count). The van der Waals surface area contributed by atoms with Crippen LogP contribution in [0.3, 0.4) is 0 Å². The molecule has 0 radical (unpaired) electrons. The first-order valence-corrected chi connectivity index (χ1v) is 4.84. The number of hydrogen-bond acceptors (Lipinski definition) is 4. The molecule has 16 heavy (non-hydrogen) atoms. The largest absolute Gasteiger partial charge is 0.480 e. The first kappa shape index (κ1) is 14.7. The predicted molar refractivity (Wildman–Crippen MR) is 56.4 cm³/mol. The Morgan fingerprint density at radius 1 is 1.19 bits per heavy atom. The highest BCUT2D eigenvalue weighted by atomic mass is 16.5. The zero-order chi connectivity index (χ0) is 12.4. The lowest BCUT2D eigenvalue weighted by Crippen LogP contribution is -2.44. The van der Waals surface area contributed by atoms with Crippen LogP contribution in [0.2, 0.25) is 0 Å². The van der Waals surface area contributed by atoms with E-state index in [0.29, 0.717) is 26.3 Å². The Morgan fingerprint density at radius 2 is 1.69 bits per heavy atom. The van der Waals surface area contributed by atoms with Gasteiger partial charge in [0.2, 0.25) is 0 Å². The van der Waals surface area contributed by atoms with Crippen molar-refractivity contribution in [1.82, 2.24) is 10.2 Å². The number of carboxylic acids is 1. The fraction of sp³-hybridized carbons (Fsp3) is 0.778. The van der Waals surface area contributed by atoms with Crippen molar-refractivity contribution in [2.45, 2.75) is 0 Å². The number of rotatable bonds is 8. The number of aliphatic carboxylic acids is 1. The molecule has 0 saturated heterocycles. The highest BCUT2D eigenvalue weighted by molar-refractivity contribution is 5.79. The van der Waals surface area contributed by atoms with E-state index in [4.69, 9.17) is 14.6 Å². The normalized spacial score (nSPS) is 9.88. The molecule has 0 aliphatic carbocycles. The van der Waals surface area contributed by atoms with Crippen molar-refractivity contribution in [3.05, 3.63) is 0 Å². The summed E-state index contributed by atoms with van der Waals surface area (Å²) in [6.07, 6.45) is 0. The Morgan fingerprint density at radius 3 is 2.06 bits per heavy atom. The van der Waals surface area contributed by atoms with E-state index in [0.717, 1.165) is 0 Å². The average Bonchev–Trinajstić information content (AvgIpc) is 2.26. The van der Waals surface area contributed by atoms with Crippen molar-refractivity contribution in [3.8, 4) is 0 Å². The third kappa shape index (κ3) is 7.02. The summed E-state index contributed by atoms with van der Waals surface area (Å²) in [5.74, 6) is -1.08. The van der Waals surface area contributed by atoms with Crippen LogP contribution >= 0.6 is 0 Å². The molecule has 0 saturated carbocycles. The number of ether oxygens (including phenoxy) is 2. The van der Waals surface area contributed by atoms with Crippen LogP contribution in [-0.4, -0.2) is 69.1 Å². The SMILES string of the molecule is COCCN(CCOC)C(=O)NCC(=O)O. The summed E-state index contributed by atoms with van der Waals surface area (Å²) in [6, 6.07) is -0.434. The Hall–Kier alpha value is -1.34. The molecule has 2 N–H and O–H groups in total. The Balaban J connectivity index is 4.03. The molecule has 94 valence electrons. The highest BCUT2D eigenvalue weighted by Crippen LogP contribution is 1.90. The second-order valence-corrected chi connectivity index (χ2v) is 3.03. The van der Waals surface area contributed by atoms with Crippen LogP contribution in [0.5, 0.6) is 0 Å². The molecular formula is C9H18N2O5. The Bertz CT molecular complexity index is 214. The number of methoxy groups -OCH3 is 2. The lowest BCUT2D eigenvalue weighted by Gasteiger charge is -2.21. The molecule has 0 heterocycles. The second kappa shape index (κ2) is 8.93. The van der Waals surface area contributed by atoms with Crippen LogP contribution in [0.15, 0.2) is 0 Å². The summed E-state index contributed by atoms with van der Waals surface area (Å²) >= 11 is 0. The highest BCUT2D eigenvalue weighted by Gasteiger charge is 2.13. The maximum absolute atomic E-state index is 11.5. The van der Waals surface area contributed by atoms with Gasteiger partial charge in [-0.25, -0.2) is 4.79 Å². The predicted octanol–water partition coefficient (Wildman–Crippen LogP) is -0.625. The van der Waals surface area contributed by atoms with Gasteiger partial charge >= 0.3 is 12.0 Å². The maximum Gasteiger partial charge on any atom is 0.323 e. The molecule has 0 bridgehead atoms. The van der Waals surface area contributed by atoms with Crippen LogP contribution in [0.1, 0.15) is 0 Å². The molecule has 0 spiro atoms. The molecule has 0 aromatic rings. The van der Waals surface area contributed by atoms with Gasteiger partial charge in [0, 0.05) is 27.3 Å². The fourth-order valence-corrected chi connectivity index (χ4v) is 0.981. The van der Waals surface area contributed by atoms with Crippen LogP contribution in [0.4, 0.5) is 4.79 Å². The van der Waals surface area contributed by atoms with Crippen LogP contribution in [0.25, 0.3) is 0 Å². The summed E-state index contributed by atoms with van der Waals surface area (Å²) in [7, 11) is 3.06. The standard InChI is InChI=1S/C9H18N2O5/c1-15-5-3-11(4-6-16-2)9(14)10-7-8(12)13/h3-7H2,1-2H3,(H,10,14)(H,12,13). The fourth-order valence-electron chi connectivity index (χ4n) is 0.981. The van der Waals surface area contributed by atoms with Gasteiger partial charge < -0.3 is 24.8 Å². The van der Waals surface area contributed by atoms with E-state index in [1.54, 1.807) is 0 Å². The molecule has 0 atom stereocenters. The third-order valence-corrected chi connectivity index (χ3v) is 1.81. The van der Waals surface area contributed by atoms with E-state index in [1.165, 1.54) is 19.1 Å². The smallest absolute Gasteiger partial charge is 0.323 e. The van der Waals surface area contributed by atoms with E-state index >= 15 is 0 Å². The van der Waals surface area contributed by atoms with Crippen LogP contribution < -0.4 is 5.32 Å². The molecule has 2 amide bonds. The van der Waals surface area contributed by atoms with Crippen molar-refractivity contribution >= 4 is 12.0 Å². The lowest BCUT2D eigenvalue weighted by atomic mass is 10.5. The zero-order valence-electron chi connectivity index (χ0n) is 9.56. The van der Waals surface area contributed by atoms with Gasteiger partial charge in [-0.2, -0.15) is 0 Å². The van der Waals surface area contributed by atoms with Crippen molar-refractivity contribution in [2.24, 2.45) is 0 Å². The Labute approximate surface area is 94.3 Å². The summed E-state index contributed by atoms with van der Waals surface area (Å²) in [6.45, 7) is 1.18. The van der Waals surface area contributed by atoms with Gasteiger partial charge in [-0.05, 0) is 0 Å². The van der Waals surface area contributed by atoms with E-state index in [-0.39, 0.29) is 0 Å². The molecule has 0 aliphatic heterocycles. The first-order chi connectivity index (χ1) is 7.61. The minimum atomic E-state index is -1.08. The van der Waals surface area contributed by atoms with Crippen LogP contribution in [-0.2, 0) is 14.3 Å². The third-order valence-electron chi connectivity index (χ3n) is 1.81. The lowest BCUT2D eigenvalue weighted by molar-refractivity contribution is -0.135. The summed E-state index contributed by atoms with van der Waals surface area (Å²) < 4.78 is 9.70. The molecule has 7 nitrogen and oxygen atoms in total. The van der Waals surface area contributed by atoms with Crippen molar-refractivity contribution in [1.29, 1.82) is 0 Å². The number of carboxylic acid groups (broad SMARTS) is 1. The molecule has 0 aliphatic rings. The van der Waals surface area contributed by atoms with E-state index in [1.807, 2.05) is 0 Å². The van der Waals surface area contributed by atoms with Gasteiger partial charge in [0.25, 0.3) is 0 Å². The van der Waals surface area contributed by atoms with Crippen molar-refractivity contribution in [2.75, 3.05) is 47.1 Å². The molecule has 0 fully saturated rings. The van der Waals surface area contributed by atoms with Gasteiger partial charge in [0.15, 0.2) is 0 Å². The maximum atomic E-state index is 11.5. The van der Waals surface area contributed by atoms with E-state index in [9.17, 15) is 9.59 Å². The number of nitrogens with one attached hydrogen (secondary N) is 1. The van der Waals surface area contributed by atoms with Crippen molar-refractivity contribution < 1.29 is 24.2 Å². The molecular weight excluding hydrogens is 216 g/mol. The summed E-state index contributed by atoms with van der Waals surface area (Å²) in [5.41, 5.74) is 0. The Kier molecular flexibility index (Phi) is 8.18. The van der Waals surface area contributed by atoms with Gasteiger partial charge in [-0.1, -0.05) is 0 Å². The minimum absolute atomic E-state index is 0.393. The quantitative estimate of drug-likeness (QED) is 0.584. The first-order valence-electron chi connectivity index (χ1n) is 4.84. The molecule has 7 heteroatoms.